The van der Waals surface area contributed by atoms with Crippen LogP contribution in [0, 0.1) is 0 Å². The van der Waals surface area contributed by atoms with Crippen molar-refractivity contribution in [2.75, 3.05) is 46.5 Å². The van der Waals surface area contributed by atoms with Gasteiger partial charge in [0.15, 0.2) is 5.82 Å². The molecular formula is C14H25ClN4O3. The Labute approximate surface area is 137 Å². The number of nitrogens with one attached hydrogen (secondary N) is 1. The second-order valence-corrected chi connectivity index (χ2v) is 5.71. The maximum Gasteiger partial charge on any atom is 0.229 e. The van der Waals surface area contributed by atoms with Crippen molar-refractivity contribution in [3.05, 3.63) is 11.7 Å². The molecule has 3 rings (SSSR count). The first-order chi connectivity index (χ1) is 10.3. The van der Waals surface area contributed by atoms with Crippen LogP contribution in [0.15, 0.2) is 4.52 Å². The molecule has 2 fully saturated rings. The Kier molecular flexibility index (Phi) is 7.04. The first kappa shape index (κ1) is 17.6. The molecule has 2 aliphatic rings. The Morgan fingerprint density at radius 1 is 1.45 bits per heavy atom. The van der Waals surface area contributed by atoms with Crippen molar-refractivity contribution in [2.24, 2.45) is 0 Å². The van der Waals surface area contributed by atoms with Crippen LogP contribution in [-0.4, -0.2) is 67.6 Å². The van der Waals surface area contributed by atoms with Crippen LogP contribution in [0.25, 0.3) is 0 Å². The van der Waals surface area contributed by atoms with Crippen molar-refractivity contribution < 1.29 is 14.0 Å². The lowest BCUT2D eigenvalue weighted by atomic mass is 10.2. The van der Waals surface area contributed by atoms with E-state index in [0.29, 0.717) is 25.5 Å². The van der Waals surface area contributed by atoms with Crippen molar-refractivity contribution in [1.82, 2.24) is 20.4 Å². The molecule has 1 aromatic heterocycles. The maximum absolute atomic E-state index is 5.62. The molecule has 1 N–H and O–H groups in total. The van der Waals surface area contributed by atoms with Gasteiger partial charge in [-0.05, 0) is 19.9 Å². The van der Waals surface area contributed by atoms with Crippen molar-refractivity contribution in [3.8, 4) is 0 Å². The molecule has 7 nitrogen and oxygen atoms in total. The van der Waals surface area contributed by atoms with Crippen LogP contribution in [-0.2, 0) is 15.9 Å². The van der Waals surface area contributed by atoms with Crippen molar-refractivity contribution in [1.29, 1.82) is 0 Å². The summed E-state index contributed by atoms with van der Waals surface area (Å²) in [7, 11) is 2.09. The van der Waals surface area contributed by atoms with Crippen LogP contribution in [0.5, 0.6) is 0 Å². The van der Waals surface area contributed by atoms with Gasteiger partial charge in [0, 0.05) is 26.2 Å². The Hall–Kier alpha value is -0.730. The normalized spacial score (nSPS) is 26.0. The number of halogens is 1. The molecule has 126 valence electrons. The molecule has 2 atom stereocenters. The third-order valence-corrected chi connectivity index (χ3v) is 4.08. The minimum atomic E-state index is 0. The van der Waals surface area contributed by atoms with E-state index in [2.05, 4.69) is 27.4 Å². The number of likely N-dealkylation sites (N-methyl/N-ethyl adjacent to an activating group) is 1. The number of hydrogen-bond acceptors (Lipinski definition) is 7. The van der Waals surface area contributed by atoms with Crippen molar-refractivity contribution in [2.45, 2.75) is 31.4 Å². The highest BCUT2D eigenvalue weighted by atomic mass is 35.5. The molecule has 0 spiro atoms. The largest absolute Gasteiger partial charge is 0.378 e. The molecule has 0 radical (unpaired) electrons. The molecule has 0 saturated carbocycles. The van der Waals surface area contributed by atoms with Gasteiger partial charge in [-0.2, -0.15) is 4.98 Å². The number of hydrogen-bond donors (Lipinski definition) is 1. The molecule has 0 aliphatic carbocycles. The van der Waals surface area contributed by atoms with Gasteiger partial charge < -0.3 is 19.3 Å². The summed E-state index contributed by atoms with van der Waals surface area (Å²) in [4.78, 5) is 6.73. The number of ether oxygens (including phenoxy) is 2. The molecule has 0 bridgehead atoms. The maximum atomic E-state index is 5.62. The van der Waals surface area contributed by atoms with E-state index in [9.17, 15) is 0 Å². The molecule has 2 unspecified atom stereocenters. The van der Waals surface area contributed by atoms with E-state index in [1.165, 1.54) is 0 Å². The van der Waals surface area contributed by atoms with Crippen molar-refractivity contribution >= 4 is 12.4 Å². The predicted molar refractivity (Wildman–Crippen MR) is 83.3 cm³/mol. The van der Waals surface area contributed by atoms with E-state index in [1.54, 1.807) is 0 Å². The fourth-order valence-electron chi connectivity index (χ4n) is 2.75. The van der Waals surface area contributed by atoms with Gasteiger partial charge in [0.2, 0.25) is 5.89 Å². The highest BCUT2D eigenvalue weighted by Gasteiger charge is 2.25. The number of aromatic nitrogens is 2. The minimum absolute atomic E-state index is 0. The SMILES string of the molecule is CN1CCNCC1c1noc(CCOCC2CCCO2)n1.Cl. The zero-order chi connectivity index (χ0) is 14.5. The first-order valence-electron chi connectivity index (χ1n) is 7.75. The minimum Gasteiger partial charge on any atom is -0.378 e. The zero-order valence-electron chi connectivity index (χ0n) is 13.0. The average Bonchev–Trinajstić information content (AvgIpc) is 3.16. The van der Waals surface area contributed by atoms with E-state index in [4.69, 9.17) is 14.0 Å². The van der Waals surface area contributed by atoms with E-state index in [-0.39, 0.29) is 24.6 Å². The fourth-order valence-corrected chi connectivity index (χ4v) is 2.75. The molecule has 8 heteroatoms. The van der Waals surface area contributed by atoms with Crippen LogP contribution in [0.3, 0.4) is 0 Å². The number of rotatable bonds is 6. The molecule has 0 aromatic carbocycles. The van der Waals surface area contributed by atoms with Gasteiger partial charge in [-0.1, -0.05) is 5.16 Å². The topological polar surface area (TPSA) is 72.7 Å². The Morgan fingerprint density at radius 3 is 3.14 bits per heavy atom. The quantitative estimate of drug-likeness (QED) is 0.773. The lowest BCUT2D eigenvalue weighted by Crippen LogP contribution is -2.44. The molecular weight excluding hydrogens is 308 g/mol. The Bertz CT molecular complexity index is 439. The average molecular weight is 333 g/mol. The molecule has 2 aliphatic heterocycles. The van der Waals surface area contributed by atoms with E-state index < -0.39 is 0 Å². The standard InChI is InChI=1S/C14H24N4O3.ClH/c1-18-6-5-15-9-12(18)14-16-13(21-17-14)4-8-19-10-11-3-2-7-20-11;/h11-12,15H,2-10H2,1H3;1H. The Morgan fingerprint density at radius 2 is 2.36 bits per heavy atom. The summed E-state index contributed by atoms with van der Waals surface area (Å²) < 4.78 is 16.4. The molecule has 3 heterocycles. The van der Waals surface area contributed by atoms with Gasteiger partial charge in [-0.25, -0.2) is 0 Å². The summed E-state index contributed by atoms with van der Waals surface area (Å²) in [5.74, 6) is 1.41. The second-order valence-electron chi connectivity index (χ2n) is 5.71. The smallest absolute Gasteiger partial charge is 0.229 e. The number of nitrogens with zero attached hydrogens (tertiary/aromatic N) is 3. The highest BCUT2D eigenvalue weighted by Crippen LogP contribution is 2.17. The predicted octanol–water partition coefficient (Wildman–Crippen LogP) is 0.806. The summed E-state index contributed by atoms with van der Waals surface area (Å²) >= 11 is 0. The van der Waals surface area contributed by atoms with Crippen LogP contribution in [0.4, 0.5) is 0 Å². The molecule has 22 heavy (non-hydrogen) atoms. The summed E-state index contributed by atoms with van der Waals surface area (Å²) in [5.41, 5.74) is 0. The third kappa shape index (κ3) is 4.63. The monoisotopic (exact) mass is 332 g/mol. The summed E-state index contributed by atoms with van der Waals surface area (Å²) in [5, 5.41) is 7.45. The Balaban J connectivity index is 0.00000176. The van der Waals surface area contributed by atoms with Crippen LogP contribution >= 0.6 is 12.4 Å². The van der Waals surface area contributed by atoms with Gasteiger partial charge >= 0.3 is 0 Å². The number of piperazine rings is 1. The first-order valence-corrected chi connectivity index (χ1v) is 7.75. The van der Waals surface area contributed by atoms with E-state index in [1.807, 2.05) is 0 Å². The van der Waals surface area contributed by atoms with Crippen molar-refractivity contribution in [3.63, 3.8) is 0 Å². The molecule has 1 aromatic rings. The van der Waals surface area contributed by atoms with Crippen LogP contribution in [0.2, 0.25) is 0 Å². The van der Waals surface area contributed by atoms with Gasteiger partial charge in [0.1, 0.15) is 0 Å². The lowest BCUT2D eigenvalue weighted by Gasteiger charge is -2.30. The third-order valence-electron chi connectivity index (χ3n) is 4.08. The molecule has 0 amide bonds. The van der Waals surface area contributed by atoms with Gasteiger partial charge in [0.25, 0.3) is 0 Å². The second kappa shape index (κ2) is 8.79. The van der Waals surface area contributed by atoms with Gasteiger partial charge in [-0.3, -0.25) is 4.90 Å². The summed E-state index contributed by atoms with van der Waals surface area (Å²) in [6.07, 6.45) is 3.17. The van der Waals surface area contributed by atoms with Crippen LogP contribution in [0.1, 0.15) is 30.6 Å². The van der Waals surface area contributed by atoms with E-state index in [0.717, 1.165) is 44.9 Å². The van der Waals surface area contributed by atoms with Gasteiger partial charge in [0.05, 0.1) is 31.8 Å². The zero-order valence-corrected chi connectivity index (χ0v) is 13.8. The fraction of sp³-hybridized carbons (Fsp3) is 0.857. The lowest BCUT2D eigenvalue weighted by molar-refractivity contribution is 0.0169. The highest BCUT2D eigenvalue weighted by molar-refractivity contribution is 5.85. The summed E-state index contributed by atoms with van der Waals surface area (Å²) in [6, 6.07) is 0.198. The van der Waals surface area contributed by atoms with Crippen LogP contribution < -0.4 is 5.32 Å². The van der Waals surface area contributed by atoms with E-state index >= 15 is 0 Å². The summed E-state index contributed by atoms with van der Waals surface area (Å²) in [6.45, 7) is 5.00. The van der Waals surface area contributed by atoms with Gasteiger partial charge in [-0.15, -0.1) is 12.4 Å². The molecule has 2 saturated heterocycles.